The SMILES string of the molecule is CC[NH+](CC)CC(=O)Nc1cc([NH+](C)C)nc2ccccc12. The number of benzene rings is 1. The average Bonchev–Trinajstić information content (AvgIpc) is 2.52. The molecule has 0 atom stereocenters. The lowest BCUT2D eigenvalue weighted by molar-refractivity contribution is -0.888. The first kappa shape index (κ1) is 16.4. The first-order valence-corrected chi connectivity index (χ1v) is 7.88. The number of nitrogens with one attached hydrogen (secondary N) is 3. The van der Waals surface area contributed by atoms with Gasteiger partial charge in [0.15, 0.2) is 6.54 Å². The average molecular weight is 302 g/mol. The van der Waals surface area contributed by atoms with E-state index in [0.717, 1.165) is 40.4 Å². The Morgan fingerprint density at radius 1 is 1.18 bits per heavy atom. The van der Waals surface area contributed by atoms with Crippen LogP contribution < -0.4 is 15.1 Å². The predicted octanol–water partition coefficient (Wildman–Crippen LogP) is -0.126. The number of hydrogen-bond donors (Lipinski definition) is 3. The molecule has 0 spiro atoms. The van der Waals surface area contributed by atoms with Gasteiger partial charge in [-0.3, -0.25) is 9.69 Å². The van der Waals surface area contributed by atoms with Crippen LogP contribution in [0, 0.1) is 0 Å². The second-order valence-electron chi connectivity index (χ2n) is 5.75. The molecule has 0 saturated heterocycles. The van der Waals surface area contributed by atoms with Crippen LogP contribution >= 0.6 is 0 Å². The molecule has 5 heteroatoms. The van der Waals surface area contributed by atoms with E-state index in [1.807, 2.05) is 44.4 Å². The van der Waals surface area contributed by atoms with Crippen molar-refractivity contribution in [3.63, 3.8) is 0 Å². The summed E-state index contributed by atoms with van der Waals surface area (Å²) in [5, 5.41) is 4.05. The van der Waals surface area contributed by atoms with Gasteiger partial charge >= 0.3 is 0 Å². The van der Waals surface area contributed by atoms with Crippen molar-refractivity contribution in [3.05, 3.63) is 30.3 Å². The minimum Gasteiger partial charge on any atom is -0.328 e. The van der Waals surface area contributed by atoms with Crippen LogP contribution in [0.15, 0.2) is 30.3 Å². The van der Waals surface area contributed by atoms with Gasteiger partial charge in [-0.05, 0) is 19.9 Å². The summed E-state index contributed by atoms with van der Waals surface area (Å²) < 4.78 is 0. The predicted molar refractivity (Wildman–Crippen MR) is 89.8 cm³/mol. The maximum Gasteiger partial charge on any atom is 0.279 e. The molecule has 1 aromatic heterocycles. The fourth-order valence-electron chi connectivity index (χ4n) is 2.46. The van der Waals surface area contributed by atoms with E-state index in [0.29, 0.717) is 6.54 Å². The molecule has 1 amide bonds. The summed E-state index contributed by atoms with van der Waals surface area (Å²) in [4.78, 5) is 19.4. The van der Waals surface area contributed by atoms with Gasteiger partial charge in [0, 0.05) is 11.5 Å². The van der Waals surface area contributed by atoms with Gasteiger partial charge in [-0.25, -0.2) is 0 Å². The van der Waals surface area contributed by atoms with Crippen LogP contribution in [0.1, 0.15) is 13.8 Å². The summed E-state index contributed by atoms with van der Waals surface area (Å²) in [7, 11) is 4.06. The monoisotopic (exact) mass is 302 g/mol. The van der Waals surface area contributed by atoms with Crippen LogP contribution in [0.3, 0.4) is 0 Å². The number of likely N-dealkylation sites (N-methyl/N-ethyl adjacent to an activating group) is 1. The molecule has 0 unspecified atom stereocenters. The molecular formula is C17H26N4O+2. The second kappa shape index (κ2) is 7.33. The van der Waals surface area contributed by atoms with Gasteiger partial charge in [-0.2, -0.15) is 4.98 Å². The lowest BCUT2D eigenvalue weighted by atomic mass is 10.1. The maximum absolute atomic E-state index is 12.3. The van der Waals surface area contributed by atoms with Crippen molar-refractivity contribution < 1.29 is 14.6 Å². The van der Waals surface area contributed by atoms with E-state index < -0.39 is 0 Å². The van der Waals surface area contributed by atoms with Crippen LogP contribution in [-0.4, -0.2) is 44.6 Å². The molecule has 22 heavy (non-hydrogen) atoms. The van der Waals surface area contributed by atoms with Crippen molar-refractivity contribution in [2.75, 3.05) is 39.0 Å². The fourth-order valence-corrected chi connectivity index (χ4v) is 2.46. The van der Waals surface area contributed by atoms with E-state index in [2.05, 4.69) is 24.1 Å². The highest BCUT2D eigenvalue weighted by molar-refractivity contribution is 6.01. The number of anilines is 1. The smallest absolute Gasteiger partial charge is 0.279 e. The molecule has 1 heterocycles. The van der Waals surface area contributed by atoms with Crippen LogP contribution in [0.2, 0.25) is 0 Å². The normalized spacial score (nSPS) is 11.4. The van der Waals surface area contributed by atoms with E-state index >= 15 is 0 Å². The Morgan fingerprint density at radius 3 is 2.50 bits per heavy atom. The topological polar surface area (TPSA) is 50.9 Å². The number of hydrogen-bond acceptors (Lipinski definition) is 2. The highest BCUT2D eigenvalue weighted by Gasteiger charge is 2.15. The van der Waals surface area contributed by atoms with E-state index in [9.17, 15) is 4.79 Å². The first-order chi connectivity index (χ1) is 10.5. The lowest BCUT2D eigenvalue weighted by Crippen LogP contribution is -3.12. The lowest BCUT2D eigenvalue weighted by Gasteiger charge is -2.16. The zero-order valence-corrected chi connectivity index (χ0v) is 13.9. The number of quaternary nitrogens is 2. The Labute approximate surface area is 131 Å². The minimum absolute atomic E-state index is 0.0507. The molecule has 0 aliphatic carbocycles. The van der Waals surface area contributed by atoms with Gasteiger partial charge in [-0.1, -0.05) is 18.2 Å². The van der Waals surface area contributed by atoms with Crippen LogP contribution in [0.4, 0.5) is 11.5 Å². The number of aromatic nitrogens is 1. The molecule has 3 N–H and O–H groups in total. The van der Waals surface area contributed by atoms with Crippen molar-refractivity contribution in [1.29, 1.82) is 0 Å². The standard InChI is InChI=1S/C17H24N4O/c1-5-21(6-2)12-17(22)19-15-11-16(20(3)4)18-14-10-8-7-9-13(14)15/h7-11H,5-6,12H2,1-4H3,(H,18,19,22)/p+2. The van der Waals surface area contributed by atoms with Gasteiger partial charge in [0.05, 0.1) is 38.4 Å². The molecule has 0 bridgehead atoms. The van der Waals surface area contributed by atoms with Gasteiger partial charge in [-0.15, -0.1) is 0 Å². The molecule has 0 radical (unpaired) electrons. The number of nitrogens with zero attached hydrogens (tertiary/aromatic N) is 1. The third-order valence-corrected chi connectivity index (χ3v) is 3.91. The Bertz CT molecular complexity index is 650. The first-order valence-electron chi connectivity index (χ1n) is 7.88. The number of pyridine rings is 1. The third kappa shape index (κ3) is 3.81. The summed E-state index contributed by atoms with van der Waals surface area (Å²) in [5.41, 5.74) is 1.75. The molecule has 2 aromatic rings. The Hall–Kier alpha value is -1.98. The number of fused-ring (bicyclic) bond motifs is 1. The summed E-state index contributed by atoms with van der Waals surface area (Å²) in [6.45, 7) is 6.60. The quantitative estimate of drug-likeness (QED) is 0.696. The van der Waals surface area contributed by atoms with Gasteiger partial charge in [0.2, 0.25) is 5.82 Å². The molecule has 118 valence electrons. The Morgan fingerprint density at radius 2 is 1.86 bits per heavy atom. The van der Waals surface area contributed by atoms with Crippen molar-refractivity contribution in [2.24, 2.45) is 0 Å². The molecule has 0 aliphatic rings. The summed E-state index contributed by atoms with van der Waals surface area (Å²) in [6.07, 6.45) is 0. The number of para-hydroxylation sites is 1. The number of carbonyl (C=O) groups is 1. The van der Waals surface area contributed by atoms with Gasteiger partial charge in [0.25, 0.3) is 5.91 Å². The molecule has 2 rings (SSSR count). The van der Waals surface area contributed by atoms with E-state index in [1.54, 1.807) is 0 Å². The van der Waals surface area contributed by atoms with E-state index in [1.165, 1.54) is 4.90 Å². The molecule has 5 nitrogen and oxygen atoms in total. The van der Waals surface area contributed by atoms with Crippen LogP contribution in [0.5, 0.6) is 0 Å². The van der Waals surface area contributed by atoms with E-state index in [4.69, 9.17) is 0 Å². The van der Waals surface area contributed by atoms with Crippen LogP contribution in [0.25, 0.3) is 10.9 Å². The molecule has 1 aromatic carbocycles. The van der Waals surface area contributed by atoms with Gasteiger partial charge < -0.3 is 10.2 Å². The van der Waals surface area contributed by atoms with Crippen LogP contribution in [-0.2, 0) is 4.79 Å². The number of amides is 1. The number of carbonyl (C=O) groups excluding carboxylic acids is 1. The fraction of sp³-hybridized carbons (Fsp3) is 0.412. The zero-order chi connectivity index (χ0) is 16.1. The highest BCUT2D eigenvalue weighted by Crippen LogP contribution is 2.23. The largest absolute Gasteiger partial charge is 0.328 e. The summed E-state index contributed by atoms with van der Waals surface area (Å²) in [6, 6.07) is 9.88. The molecule has 0 fully saturated rings. The summed E-state index contributed by atoms with van der Waals surface area (Å²) >= 11 is 0. The molecular weight excluding hydrogens is 276 g/mol. The molecule has 0 aliphatic heterocycles. The zero-order valence-electron chi connectivity index (χ0n) is 13.9. The minimum atomic E-state index is 0.0507. The Kier molecular flexibility index (Phi) is 5.46. The van der Waals surface area contributed by atoms with E-state index in [-0.39, 0.29) is 5.91 Å². The van der Waals surface area contributed by atoms with Crippen molar-refractivity contribution in [2.45, 2.75) is 13.8 Å². The van der Waals surface area contributed by atoms with Crippen molar-refractivity contribution >= 4 is 28.3 Å². The van der Waals surface area contributed by atoms with Crippen molar-refractivity contribution in [3.8, 4) is 0 Å². The number of rotatable bonds is 6. The Balaban J connectivity index is 2.31. The molecule has 0 saturated carbocycles. The second-order valence-corrected chi connectivity index (χ2v) is 5.75. The summed E-state index contributed by atoms with van der Waals surface area (Å²) in [5.74, 6) is 0.971. The van der Waals surface area contributed by atoms with Gasteiger partial charge in [0.1, 0.15) is 0 Å². The third-order valence-electron chi connectivity index (χ3n) is 3.91. The highest BCUT2D eigenvalue weighted by atomic mass is 16.2. The van der Waals surface area contributed by atoms with Crippen molar-refractivity contribution in [1.82, 2.24) is 4.98 Å². The maximum atomic E-state index is 12.3.